The number of aromatic nitrogens is 3. The van der Waals surface area contributed by atoms with E-state index in [0.717, 1.165) is 11.4 Å². The van der Waals surface area contributed by atoms with Crippen LogP contribution in [-0.4, -0.2) is 15.0 Å². The van der Waals surface area contributed by atoms with Crippen molar-refractivity contribution < 1.29 is 0 Å². The van der Waals surface area contributed by atoms with Gasteiger partial charge in [0.15, 0.2) is 0 Å². The maximum Gasteiger partial charge on any atom is 0.231 e. The van der Waals surface area contributed by atoms with E-state index in [9.17, 15) is 0 Å². The van der Waals surface area contributed by atoms with Gasteiger partial charge in [0, 0.05) is 11.4 Å². The maximum atomic E-state index is 5.41. The lowest BCUT2D eigenvalue weighted by Gasteiger charge is -2.03. The molecule has 0 bridgehead atoms. The van der Waals surface area contributed by atoms with Gasteiger partial charge < -0.3 is 16.8 Å². The Hall–Kier alpha value is -3.15. The summed E-state index contributed by atoms with van der Waals surface area (Å²) < 4.78 is 0. The number of hydrogen-bond acceptors (Lipinski definition) is 6. The first-order valence-electron chi connectivity index (χ1n) is 6.31. The van der Waals surface area contributed by atoms with Gasteiger partial charge in [0.05, 0.1) is 0 Å². The highest BCUT2D eigenvalue weighted by Crippen LogP contribution is 2.10. The number of hydrogen-bond donors (Lipinski definition) is 3. The molecule has 106 valence electrons. The zero-order valence-electron chi connectivity index (χ0n) is 11.3. The minimum Gasteiger partial charge on any atom is -0.399 e. The third-order valence-corrected chi connectivity index (χ3v) is 2.42. The zero-order chi connectivity index (χ0) is 14.9. The Morgan fingerprint density at radius 2 is 1.38 bits per heavy atom. The van der Waals surface area contributed by atoms with Gasteiger partial charge in [0.2, 0.25) is 11.9 Å². The average Bonchev–Trinajstić information content (AvgIpc) is 2.50. The van der Waals surface area contributed by atoms with E-state index in [0.29, 0.717) is 5.95 Å². The van der Waals surface area contributed by atoms with Crippen molar-refractivity contribution in [2.24, 2.45) is 0 Å². The fraction of sp³-hybridized carbons (Fsp3) is 0. The Labute approximate surface area is 122 Å². The molecule has 0 saturated heterocycles. The van der Waals surface area contributed by atoms with Gasteiger partial charge in [0.1, 0.15) is 6.33 Å². The molecule has 1 heterocycles. The van der Waals surface area contributed by atoms with E-state index < -0.39 is 0 Å². The van der Waals surface area contributed by atoms with Gasteiger partial charge in [-0.2, -0.15) is 4.98 Å². The highest BCUT2D eigenvalue weighted by Gasteiger charge is 1.96. The van der Waals surface area contributed by atoms with Crippen LogP contribution in [0.25, 0.3) is 0 Å². The Bertz CT molecular complexity index is 657. The summed E-state index contributed by atoms with van der Waals surface area (Å²) in [5, 5.41) is 3.00. The highest BCUT2D eigenvalue weighted by atomic mass is 15.2. The molecule has 0 atom stereocenters. The van der Waals surface area contributed by atoms with E-state index in [1.54, 1.807) is 0 Å². The molecule has 0 spiro atoms. The standard InChI is InChI=1S/C9H9N5.C6H7N/c10-8-11-6-12-9(14-8)13-7-4-2-1-3-5-7;7-6-4-2-1-3-5-6/h1-6H,(H3,10,11,12,13,14);1-5H,7H2. The van der Waals surface area contributed by atoms with Crippen LogP contribution in [0.2, 0.25) is 0 Å². The van der Waals surface area contributed by atoms with Gasteiger partial charge >= 0.3 is 0 Å². The van der Waals surface area contributed by atoms with E-state index in [4.69, 9.17) is 11.5 Å². The monoisotopic (exact) mass is 280 g/mol. The molecule has 0 radical (unpaired) electrons. The Balaban J connectivity index is 0.000000194. The minimum atomic E-state index is 0.207. The molecule has 0 aliphatic carbocycles. The van der Waals surface area contributed by atoms with Crippen LogP contribution < -0.4 is 16.8 Å². The molecule has 0 unspecified atom stereocenters. The molecule has 0 fully saturated rings. The van der Waals surface area contributed by atoms with Crippen LogP contribution in [0.3, 0.4) is 0 Å². The predicted molar refractivity (Wildman–Crippen MR) is 84.8 cm³/mol. The molecule has 1 aromatic heterocycles. The van der Waals surface area contributed by atoms with E-state index in [1.165, 1.54) is 6.33 Å². The Morgan fingerprint density at radius 3 is 1.90 bits per heavy atom. The van der Waals surface area contributed by atoms with Crippen LogP contribution in [-0.2, 0) is 0 Å². The second-order valence-corrected chi connectivity index (χ2v) is 4.07. The molecule has 2 aromatic carbocycles. The summed E-state index contributed by atoms with van der Waals surface area (Å²) >= 11 is 0. The first-order chi connectivity index (χ1) is 10.2. The molecule has 6 nitrogen and oxygen atoms in total. The number of nitrogens with two attached hydrogens (primary N) is 2. The van der Waals surface area contributed by atoms with Crippen molar-refractivity contribution in [3.05, 3.63) is 67.0 Å². The van der Waals surface area contributed by atoms with Gasteiger partial charge in [0.25, 0.3) is 0 Å². The summed E-state index contributed by atoms with van der Waals surface area (Å²) in [7, 11) is 0. The smallest absolute Gasteiger partial charge is 0.231 e. The summed E-state index contributed by atoms with van der Waals surface area (Å²) in [6, 6.07) is 19.1. The second kappa shape index (κ2) is 7.44. The third-order valence-electron chi connectivity index (χ3n) is 2.42. The molecular weight excluding hydrogens is 264 g/mol. The topological polar surface area (TPSA) is 103 Å². The average molecular weight is 280 g/mol. The molecule has 3 aromatic rings. The van der Waals surface area contributed by atoms with E-state index in [1.807, 2.05) is 60.7 Å². The van der Waals surface area contributed by atoms with Crippen LogP contribution in [0.15, 0.2) is 67.0 Å². The molecular formula is C15H16N6. The maximum absolute atomic E-state index is 5.41. The van der Waals surface area contributed by atoms with E-state index in [2.05, 4.69) is 20.3 Å². The van der Waals surface area contributed by atoms with Crippen LogP contribution >= 0.6 is 0 Å². The molecule has 6 heteroatoms. The van der Waals surface area contributed by atoms with Crippen LogP contribution in [0.5, 0.6) is 0 Å². The van der Waals surface area contributed by atoms with Crippen LogP contribution in [0.4, 0.5) is 23.3 Å². The van der Waals surface area contributed by atoms with Crippen molar-refractivity contribution in [2.45, 2.75) is 0 Å². The van der Waals surface area contributed by atoms with Gasteiger partial charge in [-0.15, -0.1) is 0 Å². The number of para-hydroxylation sites is 2. The SMILES string of the molecule is Nc1ccccc1.Nc1ncnc(Nc2ccccc2)n1. The Kier molecular flexibility index (Phi) is 5.05. The van der Waals surface area contributed by atoms with E-state index >= 15 is 0 Å². The molecule has 0 saturated carbocycles. The molecule has 0 aliphatic rings. The van der Waals surface area contributed by atoms with Gasteiger partial charge in [-0.05, 0) is 24.3 Å². The summed E-state index contributed by atoms with van der Waals surface area (Å²) in [6.07, 6.45) is 1.37. The molecule has 21 heavy (non-hydrogen) atoms. The van der Waals surface area contributed by atoms with Crippen molar-refractivity contribution in [3.63, 3.8) is 0 Å². The van der Waals surface area contributed by atoms with Crippen molar-refractivity contribution >= 4 is 23.3 Å². The quantitative estimate of drug-likeness (QED) is 0.623. The van der Waals surface area contributed by atoms with Gasteiger partial charge in [-0.1, -0.05) is 36.4 Å². The number of rotatable bonds is 2. The van der Waals surface area contributed by atoms with Crippen LogP contribution in [0, 0.1) is 0 Å². The van der Waals surface area contributed by atoms with Crippen molar-refractivity contribution in [2.75, 3.05) is 16.8 Å². The van der Waals surface area contributed by atoms with Crippen molar-refractivity contribution in [3.8, 4) is 0 Å². The minimum absolute atomic E-state index is 0.207. The Morgan fingerprint density at radius 1 is 0.762 bits per heavy atom. The molecule has 3 rings (SSSR count). The summed E-state index contributed by atoms with van der Waals surface area (Å²) in [6.45, 7) is 0. The number of nitrogen functional groups attached to an aromatic ring is 2. The predicted octanol–water partition coefficient (Wildman–Crippen LogP) is 2.47. The molecule has 5 N–H and O–H groups in total. The summed E-state index contributed by atoms with van der Waals surface area (Å²) in [5.74, 6) is 0.655. The lowest BCUT2D eigenvalue weighted by atomic mass is 10.3. The fourth-order valence-electron chi connectivity index (χ4n) is 1.47. The number of benzene rings is 2. The lowest BCUT2D eigenvalue weighted by molar-refractivity contribution is 1.07. The second-order valence-electron chi connectivity index (χ2n) is 4.07. The normalized spacial score (nSPS) is 9.33. The number of nitrogens with zero attached hydrogens (tertiary/aromatic N) is 3. The number of nitrogens with one attached hydrogen (secondary N) is 1. The highest BCUT2D eigenvalue weighted by molar-refractivity contribution is 5.52. The van der Waals surface area contributed by atoms with Crippen molar-refractivity contribution in [1.82, 2.24) is 15.0 Å². The summed E-state index contributed by atoms with van der Waals surface area (Å²) in [4.78, 5) is 11.5. The number of anilines is 4. The first-order valence-corrected chi connectivity index (χ1v) is 6.31. The van der Waals surface area contributed by atoms with Crippen molar-refractivity contribution in [1.29, 1.82) is 0 Å². The van der Waals surface area contributed by atoms with Crippen LogP contribution in [0.1, 0.15) is 0 Å². The zero-order valence-corrected chi connectivity index (χ0v) is 11.3. The molecule has 0 aliphatic heterocycles. The third kappa shape index (κ3) is 5.15. The summed E-state index contributed by atoms with van der Waals surface area (Å²) in [5.41, 5.74) is 12.5. The van der Waals surface area contributed by atoms with E-state index in [-0.39, 0.29) is 5.95 Å². The lowest BCUT2D eigenvalue weighted by Crippen LogP contribution is -2.01. The fourth-order valence-corrected chi connectivity index (χ4v) is 1.47. The molecule has 0 amide bonds. The largest absolute Gasteiger partial charge is 0.399 e. The first kappa shape index (κ1) is 14.3. The van der Waals surface area contributed by atoms with Gasteiger partial charge in [-0.3, -0.25) is 0 Å². The van der Waals surface area contributed by atoms with Gasteiger partial charge in [-0.25, -0.2) is 9.97 Å².